The number of imidazole rings is 1. The molecule has 0 aromatic carbocycles. The Labute approximate surface area is 139 Å². The Morgan fingerprint density at radius 3 is 2.96 bits per heavy atom. The van der Waals surface area contributed by atoms with Crippen molar-refractivity contribution in [3.8, 4) is 0 Å². The lowest BCUT2D eigenvalue weighted by Crippen LogP contribution is -2.53. The van der Waals surface area contributed by atoms with E-state index in [0.717, 1.165) is 36.5 Å². The van der Waals surface area contributed by atoms with E-state index in [9.17, 15) is 9.90 Å². The first kappa shape index (κ1) is 15.3. The van der Waals surface area contributed by atoms with Gasteiger partial charge >= 0.3 is 0 Å². The minimum absolute atomic E-state index is 0.0436. The number of carbonyl (C=O) groups excluding carboxylic acids is 1. The number of rotatable bonds is 3. The molecule has 0 bridgehead atoms. The molecule has 128 valence electrons. The molecule has 2 aliphatic rings. The van der Waals surface area contributed by atoms with Crippen LogP contribution in [0.15, 0.2) is 6.20 Å². The number of hydrogen-bond donors (Lipinski definition) is 2. The zero-order chi connectivity index (χ0) is 16.8. The lowest BCUT2D eigenvalue weighted by Gasteiger charge is -2.41. The summed E-state index contributed by atoms with van der Waals surface area (Å²) in [4.78, 5) is 22.3. The summed E-state index contributed by atoms with van der Waals surface area (Å²) < 4.78 is 1.75. The van der Waals surface area contributed by atoms with Crippen molar-refractivity contribution in [3.63, 3.8) is 0 Å². The lowest BCUT2D eigenvalue weighted by molar-refractivity contribution is -0.142. The zero-order valence-corrected chi connectivity index (χ0v) is 13.9. The number of nitrogens with zero attached hydrogens (tertiary/aromatic N) is 5. The second-order valence-corrected chi connectivity index (χ2v) is 6.88. The highest BCUT2D eigenvalue weighted by molar-refractivity contribution is 5.80. The van der Waals surface area contributed by atoms with E-state index < -0.39 is 6.10 Å². The molecule has 2 aromatic rings. The highest BCUT2D eigenvalue weighted by Gasteiger charge is 2.37. The van der Waals surface area contributed by atoms with Crippen LogP contribution < -0.4 is 0 Å². The Kier molecular flexibility index (Phi) is 3.64. The minimum Gasteiger partial charge on any atom is -0.387 e. The maximum absolute atomic E-state index is 12.7. The fraction of sp³-hybridized carbons (Fsp3) is 0.625. The van der Waals surface area contributed by atoms with E-state index in [4.69, 9.17) is 0 Å². The van der Waals surface area contributed by atoms with Crippen molar-refractivity contribution in [2.45, 2.75) is 45.3 Å². The minimum atomic E-state index is -0.620. The molecule has 1 aliphatic carbocycles. The Balaban J connectivity index is 1.36. The molecule has 4 rings (SSSR count). The fourth-order valence-electron chi connectivity index (χ4n) is 3.56. The number of aromatic amines is 1. The standard InChI is InChI=1S/C16H22N6O2/c1-9(23)15-8-22(20-19-15)12-6-21(7-12)16(24)11-3-4-13-14(5-11)18-10(2)17-13/h8-9,11-12,23H,3-7H2,1-2H3,(H,17,18). The monoisotopic (exact) mass is 330 g/mol. The van der Waals surface area contributed by atoms with E-state index in [1.807, 2.05) is 11.8 Å². The number of amides is 1. The quantitative estimate of drug-likeness (QED) is 0.856. The molecule has 1 saturated heterocycles. The third kappa shape index (κ3) is 2.60. The second-order valence-electron chi connectivity index (χ2n) is 6.88. The normalized spacial score (nSPS) is 22.1. The van der Waals surface area contributed by atoms with Gasteiger partial charge in [-0.2, -0.15) is 0 Å². The van der Waals surface area contributed by atoms with E-state index in [0.29, 0.717) is 18.8 Å². The summed E-state index contributed by atoms with van der Waals surface area (Å²) in [6, 6.07) is 0.155. The molecule has 1 fully saturated rings. The van der Waals surface area contributed by atoms with Crippen LogP contribution >= 0.6 is 0 Å². The summed E-state index contributed by atoms with van der Waals surface area (Å²) in [5.41, 5.74) is 2.80. The van der Waals surface area contributed by atoms with Gasteiger partial charge in [0.25, 0.3) is 0 Å². The van der Waals surface area contributed by atoms with Gasteiger partial charge < -0.3 is 15.0 Å². The topological polar surface area (TPSA) is 99.9 Å². The number of aryl methyl sites for hydroxylation is 2. The van der Waals surface area contributed by atoms with Crippen LogP contribution in [-0.2, 0) is 17.6 Å². The van der Waals surface area contributed by atoms with Crippen LogP contribution in [0.3, 0.4) is 0 Å². The first-order valence-corrected chi connectivity index (χ1v) is 8.44. The van der Waals surface area contributed by atoms with Crippen molar-refractivity contribution in [3.05, 3.63) is 29.1 Å². The van der Waals surface area contributed by atoms with E-state index >= 15 is 0 Å². The molecule has 0 radical (unpaired) electrons. The maximum atomic E-state index is 12.7. The summed E-state index contributed by atoms with van der Waals surface area (Å²) in [5.74, 6) is 1.19. The first-order valence-electron chi connectivity index (χ1n) is 8.44. The van der Waals surface area contributed by atoms with Crippen LogP contribution in [0, 0.1) is 12.8 Å². The number of nitrogens with one attached hydrogen (secondary N) is 1. The molecule has 2 aromatic heterocycles. The van der Waals surface area contributed by atoms with Gasteiger partial charge in [0.2, 0.25) is 5.91 Å². The summed E-state index contributed by atoms with van der Waals surface area (Å²) in [6.07, 6.45) is 3.63. The van der Waals surface area contributed by atoms with Crippen LogP contribution in [0.2, 0.25) is 0 Å². The van der Waals surface area contributed by atoms with Crippen LogP contribution in [0.25, 0.3) is 0 Å². The number of hydrogen-bond acceptors (Lipinski definition) is 5. The van der Waals surface area contributed by atoms with Gasteiger partial charge in [0.15, 0.2) is 0 Å². The average molecular weight is 330 g/mol. The van der Waals surface area contributed by atoms with Gasteiger partial charge in [-0.1, -0.05) is 5.21 Å². The molecule has 1 aliphatic heterocycles. The summed E-state index contributed by atoms with van der Waals surface area (Å²) in [5, 5.41) is 17.5. The number of aliphatic hydroxyl groups is 1. The van der Waals surface area contributed by atoms with Gasteiger partial charge in [-0.15, -0.1) is 5.10 Å². The summed E-state index contributed by atoms with van der Waals surface area (Å²) >= 11 is 0. The van der Waals surface area contributed by atoms with Crippen LogP contribution in [0.1, 0.15) is 48.4 Å². The molecule has 8 heteroatoms. The molecule has 2 unspecified atom stereocenters. The predicted molar refractivity (Wildman–Crippen MR) is 85.1 cm³/mol. The number of H-pyrrole nitrogens is 1. The van der Waals surface area contributed by atoms with Crippen molar-refractivity contribution in [2.75, 3.05) is 13.1 Å². The highest BCUT2D eigenvalue weighted by atomic mass is 16.3. The Morgan fingerprint density at radius 2 is 2.25 bits per heavy atom. The van der Waals surface area contributed by atoms with Gasteiger partial charge in [-0.3, -0.25) is 4.79 Å². The van der Waals surface area contributed by atoms with Gasteiger partial charge in [-0.25, -0.2) is 9.67 Å². The van der Waals surface area contributed by atoms with Crippen molar-refractivity contribution < 1.29 is 9.90 Å². The smallest absolute Gasteiger partial charge is 0.226 e. The second kappa shape index (κ2) is 5.70. The summed E-state index contributed by atoms with van der Waals surface area (Å²) in [7, 11) is 0. The van der Waals surface area contributed by atoms with E-state index in [-0.39, 0.29) is 17.9 Å². The van der Waals surface area contributed by atoms with Crippen LogP contribution in [-0.4, -0.2) is 54.0 Å². The fourth-order valence-corrected chi connectivity index (χ4v) is 3.56. The lowest BCUT2D eigenvalue weighted by atomic mass is 9.87. The van der Waals surface area contributed by atoms with Gasteiger partial charge in [0.1, 0.15) is 11.5 Å². The zero-order valence-electron chi connectivity index (χ0n) is 13.9. The number of aromatic nitrogens is 5. The third-order valence-corrected chi connectivity index (χ3v) is 5.02. The molecule has 0 spiro atoms. The molecule has 2 atom stereocenters. The largest absolute Gasteiger partial charge is 0.387 e. The van der Waals surface area contributed by atoms with Crippen LogP contribution in [0.5, 0.6) is 0 Å². The van der Waals surface area contributed by atoms with Crippen LogP contribution in [0.4, 0.5) is 0 Å². The molecule has 2 N–H and O–H groups in total. The molecule has 24 heavy (non-hydrogen) atoms. The first-order chi connectivity index (χ1) is 11.5. The maximum Gasteiger partial charge on any atom is 0.226 e. The van der Waals surface area contributed by atoms with E-state index in [1.165, 1.54) is 0 Å². The van der Waals surface area contributed by atoms with Crippen molar-refractivity contribution >= 4 is 5.91 Å². The van der Waals surface area contributed by atoms with Crippen molar-refractivity contribution in [1.29, 1.82) is 0 Å². The summed E-state index contributed by atoms with van der Waals surface area (Å²) in [6.45, 7) is 4.94. The average Bonchev–Trinajstić information content (AvgIpc) is 3.10. The number of aliphatic hydroxyl groups excluding tert-OH is 1. The highest BCUT2D eigenvalue weighted by Crippen LogP contribution is 2.29. The molecular formula is C16H22N6O2. The van der Waals surface area contributed by atoms with E-state index in [2.05, 4.69) is 20.3 Å². The van der Waals surface area contributed by atoms with Crippen molar-refractivity contribution in [2.24, 2.45) is 5.92 Å². The number of carbonyl (C=O) groups is 1. The van der Waals surface area contributed by atoms with Gasteiger partial charge in [0, 0.05) is 31.1 Å². The SMILES string of the molecule is Cc1nc2c([nH]1)CC(C(=O)N1CC(n3cc(C(C)O)nn3)C1)CC2. The molecule has 1 amide bonds. The molecule has 8 nitrogen and oxygen atoms in total. The van der Waals surface area contributed by atoms with Crippen molar-refractivity contribution in [1.82, 2.24) is 29.9 Å². The number of likely N-dealkylation sites (tertiary alicyclic amines) is 1. The van der Waals surface area contributed by atoms with Gasteiger partial charge in [-0.05, 0) is 26.7 Å². The Hall–Kier alpha value is -2.22. The van der Waals surface area contributed by atoms with E-state index in [1.54, 1.807) is 17.8 Å². The molecule has 0 saturated carbocycles. The molecular weight excluding hydrogens is 308 g/mol. The Bertz CT molecular complexity index is 758. The van der Waals surface area contributed by atoms with Gasteiger partial charge in [0.05, 0.1) is 24.0 Å². The third-order valence-electron chi connectivity index (χ3n) is 5.02. The number of fused-ring (bicyclic) bond motifs is 1. The Morgan fingerprint density at radius 1 is 1.46 bits per heavy atom. The molecule has 3 heterocycles. The predicted octanol–water partition coefficient (Wildman–Crippen LogP) is 0.551.